The molecule has 2 heterocycles. The number of aromatic nitrogens is 1. The highest BCUT2D eigenvalue weighted by Gasteiger charge is 2.24. The number of hydrogen-bond donors (Lipinski definition) is 1. The van der Waals surface area contributed by atoms with Crippen LogP contribution in [0.15, 0.2) is 48.5 Å². The van der Waals surface area contributed by atoms with Gasteiger partial charge in [-0.25, -0.2) is 0 Å². The maximum absolute atomic E-state index is 13.4. The fourth-order valence-corrected chi connectivity index (χ4v) is 4.95. The van der Waals surface area contributed by atoms with E-state index >= 15 is 0 Å². The van der Waals surface area contributed by atoms with Crippen LogP contribution in [-0.4, -0.2) is 46.9 Å². The van der Waals surface area contributed by atoms with Gasteiger partial charge in [-0.05, 0) is 49.3 Å². The van der Waals surface area contributed by atoms with Crippen molar-refractivity contribution >= 4 is 16.8 Å². The topological polar surface area (TPSA) is 39.3 Å². The van der Waals surface area contributed by atoms with Crippen molar-refractivity contribution in [1.82, 2.24) is 14.8 Å². The van der Waals surface area contributed by atoms with E-state index in [9.17, 15) is 4.79 Å². The zero-order valence-corrected chi connectivity index (χ0v) is 17.0. The molecule has 2 aromatic carbocycles. The van der Waals surface area contributed by atoms with Crippen LogP contribution in [0.25, 0.3) is 10.9 Å². The first-order chi connectivity index (χ1) is 14.3. The summed E-state index contributed by atoms with van der Waals surface area (Å²) in [4.78, 5) is 21.6. The molecule has 4 heteroatoms. The van der Waals surface area contributed by atoms with Gasteiger partial charge in [-0.1, -0.05) is 42.5 Å². The van der Waals surface area contributed by atoms with Gasteiger partial charge in [-0.3, -0.25) is 9.69 Å². The van der Waals surface area contributed by atoms with Gasteiger partial charge in [0.05, 0.1) is 11.1 Å². The van der Waals surface area contributed by atoms with E-state index in [2.05, 4.69) is 57.2 Å². The molecule has 1 fully saturated rings. The molecule has 1 aliphatic heterocycles. The Bertz CT molecular complexity index is 1010. The van der Waals surface area contributed by atoms with Crippen LogP contribution >= 0.6 is 0 Å². The van der Waals surface area contributed by atoms with E-state index in [0.29, 0.717) is 0 Å². The predicted octanol–water partition coefficient (Wildman–Crippen LogP) is 4.39. The van der Waals surface area contributed by atoms with Gasteiger partial charge in [0.25, 0.3) is 5.91 Å². The third-order valence-electron chi connectivity index (χ3n) is 6.49. The van der Waals surface area contributed by atoms with E-state index < -0.39 is 0 Å². The molecule has 0 radical (unpaired) electrons. The minimum atomic E-state index is 0.177. The van der Waals surface area contributed by atoms with Crippen molar-refractivity contribution in [1.29, 1.82) is 0 Å². The quantitative estimate of drug-likeness (QED) is 0.724. The lowest BCUT2D eigenvalue weighted by Crippen LogP contribution is -2.35. The lowest BCUT2D eigenvalue weighted by Gasteiger charge is -2.22. The van der Waals surface area contributed by atoms with Crippen LogP contribution in [-0.2, 0) is 19.4 Å². The number of benzene rings is 2. The molecule has 0 atom stereocenters. The highest BCUT2D eigenvalue weighted by molar-refractivity contribution is 6.06. The Kier molecular flexibility index (Phi) is 5.11. The second-order valence-electron chi connectivity index (χ2n) is 8.42. The van der Waals surface area contributed by atoms with Crippen LogP contribution in [0.4, 0.5) is 0 Å². The summed E-state index contributed by atoms with van der Waals surface area (Å²) >= 11 is 0. The summed E-state index contributed by atoms with van der Waals surface area (Å²) in [7, 11) is 0. The first-order valence-corrected chi connectivity index (χ1v) is 11.0. The number of carbonyl (C=O) groups excluding carboxylic acids is 1. The Morgan fingerprint density at radius 1 is 0.862 bits per heavy atom. The highest BCUT2D eigenvalue weighted by Crippen LogP contribution is 2.31. The molecular weight excluding hydrogens is 358 g/mol. The summed E-state index contributed by atoms with van der Waals surface area (Å²) in [6.45, 7) is 4.56. The summed E-state index contributed by atoms with van der Waals surface area (Å²) in [5.41, 5.74) is 6.01. The molecule has 29 heavy (non-hydrogen) atoms. The highest BCUT2D eigenvalue weighted by atomic mass is 16.2. The zero-order valence-electron chi connectivity index (χ0n) is 17.0. The maximum atomic E-state index is 13.4. The average Bonchev–Trinajstić information content (AvgIpc) is 2.99. The molecule has 1 aliphatic carbocycles. The monoisotopic (exact) mass is 387 g/mol. The van der Waals surface area contributed by atoms with E-state index in [0.717, 1.165) is 63.1 Å². The summed E-state index contributed by atoms with van der Waals surface area (Å²) in [5, 5.41) is 1.26. The minimum Gasteiger partial charge on any atom is -0.358 e. The number of fused-ring (bicyclic) bond motifs is 3. The van der Waals surface area contributed by atoms with Crippen molar-refractivity contribution in [3.63, 3.8) is 0 Å². The molecule has 1 N–H and O–H groups in total. The lowest BCUT2D eigenvalue weighted by atomic mass is 9.95. The molecule has 2 aliphatic rings. The van der Waals surface area contributed by atoms with E-state index in [1.165, 1.54) is 35.0 Å². The molecule has 1 aromatic heterocycles. The SMILES string of the molecule is O=C(c1cccc2c3c([nH]c12)CCCC3)N1CCCN(Cc2ccccc2)CC1. The minimum absolute atomic E-state index is 0.177. The first kappa shape index (κ1) is 18.4. The summed E-state index contributed by atoms with van der Waals surface area (Å²) in [6, 6.07) is 16.8. The van der Waals surface area contributed by atoms with Crippen molar-refractivity contribution < 1.29 is 4.79 Å². The van der Waals surface area contributed by atoms with Crippen LogP contribution in [0.1, 0.15) is 46.4 Å². The van der Waals surface area contributed by atoms with Gasteiger partial charge in [0, 0.05) is 43.8 Å². The van der Waals surface area contributed by atoms with Gasteiger partial charge < -0.3 is 9.88 Å². The number of aromatic amines is 1. The van der Waals surface area contributed by atoms with Gasteiger partial charge in [0.1, 0.15) is 0 Å². The van der Waals surface area contributed by atoms with Gasteiger partial charge >= 0.3 is 0 Å². The fourth-order valence-electron chi connectivity index (χ4n) is 4.95. The normalized spacial score (nSPS) is 17.9. The average molecular weight is 388 g/mol. The van der Waals surface area contributed by atoms with Crippen LogP contribution in [0.2, 0.25) is 0 Å². The molecule has 1 amide bonds. The number of amides is 1. The smallest absolute Gasteiger partial charge is 0.256 e. The Morgan fingerprint density at radius 3 is 2.62 bits per heavy atom. The first-order valence-electron chi connectivity index (χ1n) is 11.0. The van der Waals surface area contributed by atoms with Crippen molar-refractivity contribution in [2.24, 2.45) is 0 Å². The summed E-state index contributed by atoms with van der Waals surface area (Å²) in [5.74, 6) is 0.177. The number of aryl methyl sites for hydroxylation is 2. The second-order valence-corrected chi connectivity index (χ2v) is 8.42. The molecule has 1 saturated heterocycles. The largest absolute Gasteiger partial charge is 0.358 e. The third-order valence-corrected chi connectivity index (χ3v) is 6.49. The molecule has 5 rings (SSSR count). The number of para-hydroxylation sites is 1. The van der Waals surface area contributed by atoms with Gasteiger partial charge in [0.15, 0.2) is 0 Å². The Balaban J connectivity index is 1.34. The number of nitrogens with zero attached hydrogens (tertiary/aromatic N) is 2. The van der Waals surface area contributed by atoms with E-state index in [1.807, 2.05) is 6.07 Å². The Hall–Kier alpha value is -2.59. The molecule has 4 nitrogen and oxygen atoms in total. The maximum Gasteiger partial charge on any atom is 0.256 e. The van der Waals surface area contributed by atoms with E-state index in [4.69, 9.17) is 0 Å². The lowest BCUT2D eigenvalue weighted by molar-refractivity contribution is 0.0763. The molecule has 150 valence electrons. The predicted molar refractivity (Wildman–Crippen MR) is 117 cm³/mol. The van der Waals surface area contributed by atoms with Gasteiger partial charge in [-0.2, -0.15) is 0 Å². The van der Waals surface area contributed by atoms with E-state index in [-0.39, 0.29) is 5.91 Å². The van der Waals surface area contributed by atoms with Crippen LogP contribution in [0, 0.1) is 0 Å². The summed E-state index contributed by atoms with van der Waals surface area (Å²) < 4.78 is 0. The molecule has 0 saturated carbocycles. The fraction of sp³-hybridized carbons (Fsp3) is 0.400. The van der Waals surface area contributed by atoms with Crippen molar-refractivity contribution in [2.45, 2.75) is 38.6 Å². The molecular formula is C25H29N3O. The van der Waals surface area contributed by atoms with Gasteiger partial charge in [-0.15, -0.1) is 0 Å². The van der Waals surface area contributed by atoms with Crippen LogP contribution in [0.3, 0.4) is 0 Å². The molecule has 0 unspecified atom stereocenters. The number of carbonyl (C=O) groups is 1. The number of H-pyrrole nitrogens is 1. The molecule has 3 aromatic rings. The number of nitrogens with one attached hydrogen (secondary N) is 1. The van der Waals surface area contributed by atoms with Crippen LogP contribution in [0.5, 0.6) is 0 Å². The van der Waals surface area contributed by atoms with Crippen molar-refractivity contribution in [3.8, 4) is 0 Å². The standard InChI is InChI=1S/C25H29N3O/c29-25(22-12-6-11-21-20-10-4-5-13-23(20)26-24(21)22)28-15-7-14-27(16-17-28)18-19-8-2-1-3-9-19/h1-3,6,8-9,11-12,26H,4-5,7,10,13-18H2. The third kappa shape index (κ3) is 3.69. The zero-order chi connectivity index (χ0) is 19.6. The van der Waals surface area contributed by atoms with Crippen LogP contribution < -0.4 is 0 Å². The summed E-state index contributed by atoms with van der Waals surface area (Å²) in [6.07, 6.45) is 5.75. The molecule has 0 spiro atoms. The number of rotatable bonds is 3. The second kappa shape index (κ2) is 8.03. The van der Waals surface area contributed by atoms with Crippen molar-refractivity contribution in [2.75, 3.05) is 26.2 Å². The van der Waals surface area contributed by atoms with Gasteiger partial charge in [0.2, 0.25) is 0 Å². The number of hydrogen-bond acceptors (Lipinski definition) is 2. The van der Waals surface area contributed by atoms with Crippen molar-refractivity contribution in [3.05, 3.63) is 70.9 Å². The molecule has 0 bridgehead atoms. The van der Waals surface area contributed by atoms with E-state index in [1.54, 1.807) is 0 Å². The Morgan fingerprint density at radius 2 is 1.72 bits per heavy atom. The Labute approximate surface area is 172 Å².